The second-order valence-corrected chi connectivity index (χ2v) is 3.13. The topological polar surface area (TPSA) is 38.9 Å². The van der Waals surface area contributed by atoms with E-state index in [0.29, 0.717) is 5.89 Å². The van der Waals surface area contributed by atoms with Gasteiger partial charge < -0.3 is 4.52 Å². The number of halogens is 1. The molecule has 0 amide bonds. The molecule has 0 aliphatic carbocycles. The number of aromatic nitrogens is 2. The molecule has 62 valence electrons. The Bertz CT molecular complexity index is 214. The van der Waals surface area contributed by atoms with Gasteiger partial charge >= 0.3 is 0 Å². The molecular weight excluding hydrogens is 166 g/mol. The van der Waals surface area contributed by atoms with Crippen molar-refractivity contribution in [2.75, 3.05) is 0 Å². The lowest BCUT2D eigenvalue weighted by Crippen LogP contribution is -1.88. The van der Waals surface area contributed by atoms with Crippen LogP contribution in [0.5, 0.6) is 0 Å². The smallest absolute Gasteiger partial charge is 0.229 e. The van der Waals surface area contributed by atoms with Gasteiger partial charge in [-0.15, -0.1) is 0 Å². The molecule has 11 heavy (non-hydrogen) atoms. The third-order valence-electron chi connectivity index (χ3n) is 1.20. The van der Waals surface area contributed by atoms with Crippen molar-refractivity contribution in [2.24, 2.45) is 0 Å². The highest BCUT2D eigenvalue weighted by molar-refractivity contribution is 7.16. The standard InChI is InChI=1S/C6H10FN2OP/c1-3(2)6-8-5(4(7)11)9-10-6/h3-4H,11H2,1-2H3. The van der Waals surface area contributed by atoms with Crippen LogP contribution in [0.4, 0.5) is 4.39 Å². The van der Waals surface area contributed by atoms with E-state index in [-0.39, 0.29) is 11.7 Å². The van der Waals surface area contributed by atoms with E-state index in [1.54, 1.807) is 0 Å². The predicted molar refractivity (Wildman–Crippen MR) is 41.9 cm³/mol. The maximum Gasteiger partial charge on any atom is 0.229 e. The van der Waals surface area contributed by atoms with E-state index in [4.69, 9.17) is 4.52 Å². The van der Waals surface area contributed by atoms with Gasteiger partial charge in [-0.05, 0) is 0 Å². The molecule has 0 aromatic carbocycles. The number of nitrogens with zero attached hydrogens (tertiary/aromatic N) is 2. The van der Waals surface area contributed by atoms with Crippen LogP contribution in [0.2, 0.25) is 0 Å². The normalized spacial score (nSPS) is 13.9. The molecular formula is C6H10FN2OP. The zero-order valence-corrected chi connectivity index (χ0v) is 7.57. The summed E-state index contributed by atoms with van der Waals surface area (Å²) in [4.78, 5) is 3.84. The Kier molecular flexibility index (Phi) is 2.55. The number of alkyl halides is 1. The zero-order valence-electron chi connectivity index (χ0n) is 6.41. The molecule has 1 aromatic heterocycles. The van der Waals surface area contributed by atoms with Gasteiger partial charge in [0.1, 0.15) is 0 Å². The summed E-state index contributed by atoms with van der Waals surface area (Å²) in [5.41, 5.74) is 0. The number of hydrogen-bond donors (Lipinski definition) is 0. The van der Waals surface area contributed by atoms with Crippen molar-refractivity contribution in [3.63, 3.8) is 0 Å². The third kappa shape index (κ3) is 1.96. The van der Waals surface area contributed by atoms with Crippen molar-refractivity contribution in [2.45, 2.75) is 25.7 Å². The fourth-order valence-electron chi connectivity index (χ4n) is 0.594. The van der Waals surface area contributed by atoms with E-state index in [1.165, 1.54) is 0 Å². The maximum absolute atomic E-state index is 12.5. The van der Waals surface area contributed by atoms with Crippen LogP contribution in [0.3, 0.4) is 0 Å². The van der Waals surface area contributed by atoms with Crippen molar-refractivity contribution in [1.82, 2.24) is 10.1 Å². The van der Waals surface area contributed by atoms with Crippen LogP contribution in [0.15, 0.2) is 4.52 Å². The van der Waals surface area contributed by atoms with Crippen LogP contribution < -0.4 is 0 Å². The molecule has 2 unspecified atom stereocenters. The van der Waals surface area contributed by atoms with Gasteiger partial charge in [0.25, 0.3) is 0 Å². The molecule has 1 aromatic rings. The van der Waals surface area contributed by atoms with Gasteiger partial charge in [0, 0.05) is 5.92 Å². The van der Waals surface area contributed by atoms with Crippen LogP contribution in [0.1, 0.15) is 37.4 Å². The molecule has 0 radical (unpaired) electrons. The SMILES string of the molecule is CC(C)c1nc(C(F)P)no1. The molecule has 0 bridgehead atoms. The van der Waals surface area contributed by atoms with Crippen molar-refractivity contribution in [3.8, 4) is 0 Å². The van der Waals surface area contributed by atoms with Crippen LogP contribution >= 0.6 is 9.24 Å². The Morgan fingerprint density at radius 2 is 2.18 bits per heavy atom. The summed E-state index contributed by atoms with van der Waals surface area (Å²) in [6.45, 7) is 3.82. The fraction of sp³-hybridized carbons (Fsp3) is 0.667. The summed E-state index contributed by atoms with van der Waals surface area (Å²) < 4.78 is 17.3. The second kappa shape index (κ2) is 3.26. The minimum atomic E-state index is -1.23. The highest BCUT2D eigenvalue weighted by Crippen LogP contribution is 2.22. The molecule has 3 nitrogen and oxygen atoms in total. The summed E-state index contributed by atoms with van der Waals surface area (Å²) in [6.07, 6.45) is 0. The van der Waals surface area contributed by atoms with E-state index < -0.39 is 5.91 Å². The fourth-order valence-corrected chi connectivity index (χ4v) is 0.729. The third-order valence-corrected chi connectivity index (χ3v) is 1.50. The van der Waals surface area contributed by atoms with E-state index >= 15 is 0 Å². The average molecular weight is 176 g/mol. The van der Waals surface area contributed by atoms with Crippen molar-refractivity contribution < 1.29 is 8.91 Å². The Morgan fingerprint density at radius 1 is 1.55 bits per heavy atom. The number of rotatable bonds is 2. The van der Waals surface area contributed by atoms with Gasteiger partial charge in [-0.25, -0.2) is 4.39 Å². The Balaban J connectivity index is 2.82. The van der Waals surface area contributed by atoms with E-state index in [2.05, 4.69) is 10.1 Å². The molecule has 2 atom stereocenters. The molecule has 0 saturated heterocycles. The lowest BCUT2D eigenvalue weighted by Gasteiger charge is -1.92. The first-order valence-electron chi connectivity index (χ1n) is 3.34. The lowest BCUT2D eigenvalue weighted by atomic mass is 10.2. The quantitative estimate of drug-likeness (QED) is 0.647. The zero-order chi connectivity index (χ0) is 8.43. The Labute approximate surface area is 66.6 Å². The number of hydrogen-bond acceptors (Lipinski definition) is 3. The van der Waals surface area contributed by atoms with E-state index in [0.717, 1.165) is 0 Å². The maximum atomic E-state index is 12.5. The van der Waals surface area contributed by atoms with Gasteiger partial charge in [-0.3, -0.25) is 0 Å². The first kappa shape index (κ1) is 8.60. The molecule has 0 aliphatic heterocycles. The van der Waals surface area contributed by atoms with Crippen molar-refractivity contribution in [3.05, 3.63) is 11.7 Å². The van der Waals surface area contributed by atoms with Crippen LogP contribution in [0.25, 0.3) is 0 Å². The molecule has 0 N–H and O–H groups in total. The summed E-state index contributed by atoms with van der Waals surface area (Å²) in [5.74, 6) is -0.505. The summed E-state index contributed by atoms with van der Waals surface area (Å²) in [6, 6.07) is 0. The van der Waals surface area contributed by atoms with Gasteiger partial charge in [-0.2, -0.15) is 4.98 Å². The van der Waals surface area contributed by atoms with E-state index in [9.17, 15) is 4.39 Å². The molecule has 5 heteroatoms. The highest BCUT2D eigenvalue weighted by atomic mass is 31.0. The highest BCUT2D eigenvalue weighted by Gasteiger charge is 2.13. The minimum absolute atomic E-state index is 0.0960. The largest absolute Gasteiger partial charge is 0.339 e. The predicted octanol–water partition coefficient (Wildman–Crippen LogP) is 2.04. The first-order chi connectivity index (χ1) is 5.11. The van der Waals surface area contributed by atoms with Gasteiger partial charge in [0.05, 0.1) is 0 Å². The summed E-state index contributed by atoms with van der Waals surface area (Å²) >= 11 is 0. The summed E-state index contributed by atoms with van der Waals surface area (Å²) in [7, 11) is 1.97. The molecule has 1 rings (SSSR count). The Morgan fingerprint density at radius 3 is 2.45 bits per heavy atom. The molecule has 0 aliphatic rings. The van der Waals surface area contributed by atoms with Crippen LogP contribution in [-0.4, -0.2) is 10.1 Å². The minimum Gasteiger partial charge on any atom is -0.339 e. The van der Waals surface area contributed by atoms with E-state index in [1.807, 2.05) is 23.1 Å². The van der Waals surface area contributed by atoms with Crippen LogP contribution in [-0.2, 0) is 0 Å². The van der Waals surface area contributed by atoms with Crippen LogP contribution in [0, 0.1) is 0 Å². The van der Waals surface area contributed by atoms with Crippen molar-refractivity contribution in [1.29, 1.82) is 0 Å². The molecule has 0 saturated carbocycles. The summed E-state index contributed by atoms with van der Waals surface area (Å²) in [5, 5.41) is 3.46. The molecule has 0 fully saturated rings. The monoisotopic (exact) mass is 176 g/mol. The molecule has 0 spiro atoms. The first-order valence-corrected chi connectivity index (χ1v) is 4.01. The second-order valence-electron chi connectivity index (χ2n) is 2.55. The van der Waals surface area contributed by atoms with Crippen molar-refractivity contribution >= 4 is 9.24 Å². The lowest BCUT2D eigenvalue weighted by molar-refractivity contribution is 0.350. The van der Waals surface area contributed by atoms with Gasteiger partial charge in [0.15, 0.2) is 5.91 Å². The average Bonchev–Trinajstić information content (AvgIpc) is 2.33. The van der Waals surface area contributed by atoms with Gasteiger partial charge in [0.2, 0.25) is 11.7 Å². The van der Waals surface area contributed by atoms with Gasteiger partial charge in [-0.1, -0.05) is 28.2 Å². The molecule has 1 heterocycles. The Hall–Kier alpha value is -0.500.